The SMILES string of the molecule is COc1cc(F)cc(F)c1.O=C(NC1CCNC1=O)c1ccc(OC(F)(F)F)cc1. The van der Waals surface area contributed by atoms with Crippen LogP contribution >= 0.6 is 0 Å². The summed E-state index contributed by atoms with van der Waals surface area (Å²) in [5, 5.41) is 5.06. The molecular weight excluding hydrogens is 415 g/mol. The van der Waals surface area contributed by atoms with Crippen molar-refractivity contribution in [2.45, 2.75) is 18.8 Å². The number of amides is 2. The number of rotatable bonds is 4. The molecule has 1 saturated heterocycles. The van der Waals surface area contributed by atoms with Crippen LogP contribution in [0.1, 0.15) is 16.8 Å². The summed E-state index contributed by atoms with van der Waals surface area (Å²) in [5.74, 6) is -2.26. The molecule has 0 saturated carbocycles. The highest BCUT2D eigenvalue weighted by Gasteiger charge is 2.31. The Morgan fingerprint density at radius 3 is 2.13 bits per heavy atom. The summed E-state index contributed by atoms with van der Waals surface area (Å²) in [6, 6.07) is 6.89. The highest BCUT2D eigenvalue weighted by Crippen LogP contribution is 2.22. The fraction of sp³-hybridized carbons (Fsp3) is 0.263. The number of methoxy groups -OCH3 is 1. The van der Waals surface area contributed by atoms with Crippen LogP contribution in [-0.2, 0) is 4.79 Å². The van der Waals surface area contributed by atoms with Crippen molar-refractivity contribution in [1.29, 1.82) is 0 Å². The summed E-state index contributed by atoms with van der Waals surface area (Å²) in [5.41, 5.74) is 0.152. The smallest absolute Gasteiger partial charge is 0.497 e. The van der Waals surface area contributed by atoms with Crippen LogP contribution in [0.5, 0.6) is 11.5 Å². The second-order valence-electron chi connectivity index (χ2n) is 5.99. The Balaban J connectivity index is 0.000000269. The molecule has 6 nitrogen and oxygen atoms in total. The summed E-state index contributed by atoms with van der Waals surface area (Å²) in [7, 11) is 1.36. The molecule has 1 aliphatic heterocycles. The molecule has 1 heterocycles. The van der Waals surface area contributed by atoms with Crippen LogP contribution in [0.4, 0.5) is 22.0 Å². The van der Waals surface area contributed by atoms with E-state index >= 15 is 0 Å². The molecule has 0 bridgehead atoms. The monoisotopic (exact) mass is 432 g/mol. The number of nitrogens with one attached hydrogen (secondary N) is 2. The maximum absolute atomic E-state index is 12.3. The molecule has 1 atom stereocenters. The van der Waals surface area contributed by atoms with Gasteiger partial charge in [-0.2, -0.15) is 0 Å². The molecule has 2 aromatic carbocycles. The van der Waals surface area contributed by atoms with Gasteiger partial charge < -0.3 is 20.1 Å². The van der Waals surface area contributed by atoms with Gasteiger partial charge >= 0.3 is 6.36 Å². The Kier molecular flexibility index (Phi) is 7.56. The average molecular weight is 432 g/mol. The largest absolute Gasteiger partial charge is 0.573 e. The van der Waals surface area contributed by atoms with Crippen LogP contribution in [0.3, 0.4) is 0 Å². The van der Waals surface area contributed by atoms with E-state index in [2.05, 4.69) is 20.1 Å². The third-order valence-electron chi connectivity index (χ3n) is 3.78. The van der Waals surface area contributed by atoms with E-state index in [9.17, 15) is 31.5 Å². The van der Waals surface area contributed by atoms with E-state index in [1.165, 1.54) is 19.2 Å². The summed E-state index contributed by atoms with van der Waals surface area (Å²) < 4.78 is 68.8. The summed E-state index contributed by atoms with van der Waals surface area (Å²) in [6.45, 7) is 0.488. The highest BCUT2D eigenvalue weighted by molar-refractivity contribution is 5.98. The van der Waals surface area contributed by atoms with Crippen LogP contribution in [0.25, 0.3) is 0 Å². The average Bonchev–Trinajstić information content (AvgIpc) is 3.05. The van der Waals surface area contributed by atoms with E-state index in [1.54, 1.807) is 0 Å². The zero-order chi connectivity index (χ0) is 22.3. The molecule has 2 N–H and O–H groups in total. The van der Waals surface area contributed by atoms with Crippen molar-refractivity contribution in [3.63, 3.8) is 0 Å². The lowest BCUT2D eigenvalue weighted by Crippen LogP contribution is -2.40. The Morgan fingerprint density at radius 1 is 1.07 bits per heavy atom. The number of hydrogen-bond donors (Lipinski definition) is 2. The number of halogens is 5. The number of carbonyl (C=O) groups excluding carboxylic acids is 2. The maximum Gasteiger partial charge on any atom is 0.573 e. The highest BCUT2D eigenvalue weighted by atomic mass is 19.4. The van der Waals surface area contributed by atoms with Crippen LogP contribution < -0.4 is 20.1 Å². The topological polar surface area (TPSA) is 76.7 Å². The van der Waals surface area contributed by atoms with Gasteiger partial charge in [-0.1, -0.05) is 0 Å². The molecule has 30 heavy (non-hydrogen) atoms. The number of benzene rings is 2. The molecule has 0 spiro atoms. The van der Waals surface area contributed by atoms with E-state index < -0.39 is 35.7 Å². The molecule has 1 aliphatic rings. The third kappa shape index (κ3) is 7.22. The Labute approximate surface area is 168 Å². The quantitative estimate of drug-likeness (QED) is 0.728. The molecule has 2 amide bonds. The van der Waals surface area contributed by atoms with Crippen LogP contribution in [0, 0.1) is 11.6 Å². The lowest BCUT2D eigenvalue weighted by molar-refractivity contribution is -0.274. The van der Waals surface area contributed by atoms with Gasteiger partial charge in [0, 0.05) is 30.3 Å². The van der Waals surface area contributed by atoms with Crippen molar-refractivity contribution in [2.24, 2.45) is 0 Å². The summed E-state index contributed by atoms with van der Waals surface area (Å²) in [6.07, 6.45) is -4.29. The predicted molar refractivity (Wildman–Crippen MR) is 94.9 cm³/mol. The summed E-state index contributed by atoms with van der Waals surface area (Å²) in [4.78, 5) is 23.1. The molecule has 3 rings (SSSR count). The number of ether oxygens (including phenoxy) is 2. The second-order valence-corrected chi connectivity index (χ2v) is 5.99. The Hall–Kier alpha value is -3.37. The Bertz CT molecular complexity index is 867. The fourth-order valence-corrected chi connectivity index (χ4v) is 2.43. The van der Waals surface area contributed by atoms with E-state index in [4.69, 9.17) is 0 Å². The first-order valence-electron chi connectivity index (χ1n) is 8.52. The van der Waals surface area contributed by atoms with Crippen molar-refractivity contribution >= 4 is 11.8 Å². The zero-order valence-corrected chi connectivity index (χ0v) is 15.6. The van der Waals surface area contributed by atoms with E-state index in [0.717, 1.165) is 30.3 Å². The zero-order valence-electron chi connectivity index (χ0n) is 15.6. The number of carbonyl (C=O) groups is 2. The van der Waals surface area contributed by atoms with Crippen molar-refractivity contribution in [2.75, 3.05) is 13.7 Å². The van der Waals surface area contributed by atoms with Gasteiger partial charge in [-0.05, 0) is 30.7 Å². The van der Waals surface area contributed by atoms with Gasteiger partial charge in [-0.15, -0.1) is 13.2 Å². The molecule has 11 heteroatoms. The fourth-order valence-electron chi connectivity index (χ4n) is 2.43. The minimum absolute atomic E-state index is 0.152. The van der Waals surface area contributed by atoms with Crippen LogP contribution in [-0.4, -0.2) is 37.9 Å². The van der Waals surface area contributed by atoms with Crippen molar-refractivity contribution in [1.82, 2.24) is 10.6 Å². The van der Waals surface area contributed by atoms with Gasteiger partial charge in [0.05, 0.1) is 7.11 Å². The standard InChI is InChI=1S/C12H11F3N2O3.C7H6F2O/c13-12(14,15)20-8-3-1-7(2-4-8)10(18)17-9-5-6-16-11(9)19;1-10-7-3-5(8)2-6(9)4-7/h1-4,9H,5-6H2,(H,16,19)(H,17,18);2-4H,1H3. The molecule has 1 fully saturated rings. The van der Waals surface area contributed by atoms with E-state index in [0.29, 0.717) is 13.0 Å². The number of hydrogen-bond acceptors (Lipinski definition) is 4. The van der Waals surface area contributed by atoms with Crippen LogP contribution in [0.15, 0.2) is 42.5 Å². The first-order chi connectivity index (χ1) is 14.1. The third-order valence-corrected chi connectivity index (χ3v) is 3.78. The van der Waals surface area contributed by atoms with E-state index in [1.807, 2.05) is 0 Å². The maximum atomic E-state index is 12.3. The number of alkyl halides is 3. The first-order valence-corrected chi connectivity index (χ1v) is 8.52. The molecule has 162 valence electrons. The van der Waals surface area contributed by atoms with E-state index in [-0.39, 0.29) is 17.2 Å². The molecule has 0 radical (unpaired) electrons. The Morgan fingerprint density at radius 2 is 1.67 bits per heavy atom. The first kappa shape index (κ1) is 22.9. The lowest BCUT2D eigenvalue weighted by Gasteiger charge is -2.11. The van der Waals surface area contributed by atoms with Gasteiger partial charge in [0.1, 0.15) is 29.2 Å². The van der Waals surface area contributed by atoms with Crippen molar-refractivity contribution < 1.29 is 41.0 Å². The van der Waals surface area contributed by atoms with Gasteiger partial charge in [0.2, 0.25) is 5.91 Å². The summed E-state index contributed by atoms with van der Waals surface area (Å²) >= 11 is 0. The minimum atomic E-state index is -4.77. The van der Waals surface area contributed by atoms with Crippen molar-refractivity contribution in [3.8, 4) is 11.5 Å². The van der Waals surface area contributed by atoms with Crippen LogP contribution in [0.2, 0.25) is 0 Å². The lowest BCUT2D eigenvalue weighted by atomic mass is 10.1. The normalized spacial score (nSPS) is 15.5. The molecular formula is C19H17F5N2O4. The molecule has 1 unspecified atom stereocenters. The molecule has 0 aliphatic carbocycles. The second kappa shape index (κ2) is 9.90. The molecule has 0 aromatic heterocycles. The predicted octanol–water partition coefficient (Wildman–Crippen LogP) is 3.18. The van der Waals surface area contributed by atoms with Gasteiger partial charge in [0.15, 0.2) is 0 Å². The van der Waals surface area contributed by atoms with Gasteiger partial charge in [-0.3, -0.25) is 9.59 Å². The van der Waals surface area contributed by atoms with Crippen molar-refractivity contribution in [3.05, 3.63) is 59.7 Å². The van der Waals surface area contributed by atoms with Gasteiger partial charge in [-0.25, -0.2) is 8.78 Å². The minimum Gasteiger partial charge on any atom is -0.497 e. The molecule has 2 aromatic rings. The van der Waals surface area contributed by atoms with Gasteiger partial charge in [0.25, 0.3) is 5.91 Å².